The van der Waals surface area contributed by atoms with Gasteiger partial charge in [-0.25, -0.2) is 4.79 Å². The molecule has 1 saturated heterocycles. The number of aryl methyl sites for hydroxylation is 1. The molecular formula is C19H25NO4. The van der Waals surface area contributed by atoms with Gasteiger partial charge in [0.05, 0.1) is 18.5 Å². The average molecular weight is 331 g/mol. The van der Waals surface area contributed by atoms with E-state index in [9.17, 15) is 9.59 Å². The van der Waals surface area contributed by atoms with Crippen molar-refractivity contribution in [2.45, 2.75) is 58.2 Å². The number of hydrogen-bond acceptors (Lipinski definition) is 4. The number of Topliss-reactive ketones (excluding diaryl/α,β-unsaturated/α-hetero) is 1. The lowest BCUT2D eigenvalue weighted by molar-refractivity contribution is -0.0334. The Morgan fingerprint density at radius 3 is 2.79 bits per heavy atom. The zero-order chi connectivity index (χ0) is 17.5. The molecule has 0 unspecified atom stereocenters. The second kappa shape index (κ2) is 5.80. The summed E-state index contributed by atoms with van der Waals surface area (Å²) in [6, 6.07) is 5.65. The standard InChI is InChI=1S/C19H25NO4/c1-13-6-7-14-15(21)11-19(23-16(14)10-13)8-5-9-20(12-19)17(22)24-18(2,3)4/h6-7,10H,5,8-9,11-12H2,1-4H3/t19-/m0/s1. The summed E-state index contributed by atoms with van der Waals surface area (Å²) in [5.41, 5.74) is 0.529. The Balaban J connectivity index is 1.81. The van der Waals surface area contributed by atoms with E-state index < -0.39 is 11.2 Å². The van der Waals surface area contributed by atoms with Gasteiger partial charge in [-0.2, -0.15) is 0 Å². The molecule has 3 rings (SSSR count). The van der Waals surface area contributed by atoms with Crippen LogP contribution in [-0.4, -0.2) is 41.1 Å². The first-order valence-corrected chi connectivity index (χ1v) is 8.48. The lowest BCUT2D eigenvalue weighted by Gasteiger charge is -2.44. The van der Waals surface area contributed by atoms with Gasteiger partial charge in [-0.3, -0.25) is 4.79 Å². The van der Waals surface area contributed by atoms with Crippen LogP contribution in [0.25, 0.3) is 0 Å². The maximum Gasteiger partial charge on any atom is 0.410 e. The fourth-order valence-corrected chi connectivity index (χ4v) is 3.41. The summed E-state index contributed by atoms with van der Waals surface area (Å²) >= 11 is 0. The number of carbonyl (C=O) groups excluding carboxylic acids is 2. The van der Waals surface area contributed by atoms with E-state index in [4.69, 9.17) is 9.47 Å². The highest BCUT2D eigenvalue weighted by Crippen LogP contribution is 2.39. The van der Waals surface area contributed by atoms with E-state index in [0.29, 0.717) is 30.8 Å². The number of amides is 1. The summed E-state index contributed by atoms with van der Waals surface area (Å²) in [6.07, 6.45) is 1.54. The van der Waals surface area contributed by atoms with Crippen LogP contribution >= 0.6 is 0 Å². The highest BCUT2D eigenvalue weighted by atomic mass is 16.6. The first-order chi connectivity index (χ1) is 11.2. The molecule has 24 heavy (non-hydrogen) atoms. The molecule has 2 aliphatic rings. The largest absolute Gasteiger partial charge is 0.484 e. The summed E-state index contributed by atoms with van der Waals surface area (Å²) in [7, 11) is 0. The van der Waals surface area contributed by atoms with E-state index in [2.05, 4.69) is 0 Å². The van der Waals surface area contributed by atoms with Crippen LogP contribution in [0.3, 0.4) is 0 Å². The van der Waals surface area contributed by atoms with Gasteiger partial charge in [-0.1, -0.05) is 6.07 Å². The zero-order valence-corrected chi connectivity index (χ0v) is 14.8. The smallest absolute Gasteiger partial charge is 0.410 e. The van der Waals surface area contributed by atoms with Crippen molar-refractivity contribution in [3.05, 3.63) is 29.3 Å². The van der Waals surface area contributed by atoms with Crippen LogP contribution in [-0.2, 0) is 4.74 Å². The topological polar surface area (TPSA) is 55.8 Å². The highest BCUT2D eigenvalue weighted by Gasteiger charge is 2.45. The van der Waals surface area contributed by atoms with Crippen LogP contribution < -0.4 is 4.74 Å². The molecule has 1 spiro atoms. The third kappa shape index (κ3) is 3.40. The monoisotopic (exact) mass is 331 g/mol. The van der Waals surface area contributed by atoms with Gasteiger partial charge in [0.15, 0.2) is 5.78 Å². The minimum Gasteiger partial charge on any atom is -0.484 e. The quantitative estimate of drug-likeness (QED) is 0.727. The van der Waals surface area contributed by atoms with Gasteiger partial charge in [0.2, 0.25) is 0 Å². The Hall–Kier alpha value is -2.04. The van der Waals surface area contributed by atoms with Crippen molar-refractivity contribution < 1.29 is 19.1 Å². The van der Waals surface area contributed by atoms with E-state index in [1.165, 1.54) is 0 Å². The molecule has 0 saturated carbocycles. The molecule has 0 N–H and O–H groups in total. The molecule has 1 atom stereocenters. The Morgan fingerprint density at radius 1 is 1.33 bits per heavy atom. The molecule has 0 bridgehead atoms. The second-order valence-electron chi connectivity index (χ2n) is 7.89. The first-order valence-electron chi connectivity index (χ1n) is 8.48. The summed E-state index contributed by atoms with van der Waals surface area (Å²) in [5, 5.41) is 0. The number of fused-ring (bicyclic) bond motifs is 1. The fraction of sp³-hybridized carbons (Fsp3) is 0.579. The predicted octanol–water partition coefficient (Wildman–Crippen LogP) is 3.73. The lowest BCUT2D eigenvalue weighted by Crippen LogP contribution is -2.56. The molecule has 130 valence electrons. The molecule has 1 aromatic rings. The molecule has 1 aromatic carbocycles. The number of ketones is 1. The maximum atomic E-state index is 12.6. The third-order valence-electron chi connectivity index (χ3n) is 4.44. The molecule has 5 heteroatoms. The minimum absolute atomic E-state index is 0.0855. The Morgan fingerprint density at radius 2 is 2.08 bits per heavy atom. The number of ether oxygens (including phenoxy) is 2. The Bertz CT molecular complexity index is 676. The Kier molecular flexibility index (Phi) is 4.06. The van der Waals surface area contributed by atoms with Crippen molar-refractivity contribution >= 4 is 11.9 Å². The van der Waals surface area contributed by atoms with Crippen molar-refractivity contribution in [3.8, 4) is 5.75 Å². The molecular weight excluding hydrogens is 306 g/mol. The number of carbonyl (C=O) groups is 2. The number of benzene rings is 1. The number of rotatable bonds is 0. The van der Waals surface area contributed by atoms with Crippen LogP contribution in [0, 0.1) is 6.92 Å². The molecule has 2 heterocycles. The summed E-state index contributed by atoms with van der Waals surface area (Å²) in [6.45, 7) is 8.55. The van der Waals surface area contributed by atoms with Crippen LogP contribution in [0.5, 0.6) is 5.75 Å². The van der Waals surface area contributed by atoms with Crippen molar-refractivity contribution in [2.24, 2.45) is 0 Å². The van der Waals surface area contributed by atoms with Gasteiger partial charge in [-0.15, -0.1) is 0 Å². The van der Waals surface area contributed by atoms with Crippen LogP contribution in [0.4, 0.5) is 4.79 Å². The molecule has 0 radical (unpaired) electrons. The predicted molar refractivity (Wildman–Crippen MR) is 90.5 cm³/mol. The second-order valence-corrected chi connectivity index (χ2v) is 7.89. The molecule has 1 amide bonds. The molecule has 2 aliphatic heterocycles. The van der Waals surface area contributed by atoms with Gasteiger partial charge in [-0.05, 0) is 58.2 Å². The van der Waals surface area contributed by atoms with E-state index in [1.54, 1.807) is 4.90 Å². The number of nitrogens with zero attached hydrogens (tertiary/aromatic N) is 1. The van der Waals surface area contributed by atoms with Crippen LogP contribution in [0.2, 0.25) is 0 Å². The molecule has 0 aliphatic carbocycles. The fourth-order valence-electron chi connectivity index (χ4n) is 3.41. The van der Waals surface area contributed by atoms with Gasteiger partial charge < -0.3 is 14.4 Å². The first kappa shape index (κ1) is 16.8. The number of likely N-dealkylation sites (tertiary alicyclic amines) is 1. The molecule has 0 aromatic heterocycles. The van der Waals surface area contributed by atoms with E-state index in [1.807, 2.05) is 45.9 Å². The summed E-state index contributed by atoms with van der Waals surface area (Å²) < 4.78 is 11.7. The highest BCUT2D eigenvalue weighted by molar-refractivity contribution is 6.00. The average Bonchev–Trinajstić information content (AvgIpc) is 2.44. The van der Waals surface area contributed by atoms with Crippen LogP contribution in [0.1, 0.15) is 56.0 Å². The van der Waals surface area contributed by atoms with E-state index in [0.717, 1.165) is 18.4 Å². The van der Waals surface area contributed by atoms with E-state index >= 15 is 0 Å². The Labute approximate surface area is 142 Å². The summed E-state index contributed by atoms with van der Waals surface area (Å²) in [5.74, 6) is 0.722. The van der Waals surface area contributed by atoms with E-state index in [-0.39, 0.29) is 11.9 Å². The SMILES string of the molecule is Cc1ccc2c(c1)O[C@@]1(CCCN(C(=O)OC(C)(C)C)C1)CC2=O. The lowest BCUT2D eigenvalue weighted by atomic mass is 9.83. The van der Waals surface area contributed by atoms with Gasteiger partial charge in [0, 0.05) is 6.54 Å². The van der Waals surface area contributed by atoms with Gasteiger partial charge in [0.1, 0.15) is 17.0 Å². The van der Waals surface area contributed by atoms with Crippen molar-refractivity contribution in [2.75, 3.05) is 13.1 Å². The van der Waals surface area contributed by atoms with Crippen molar-refractivity contribution in [3.63, 3.8) is 0 Å². The zero-order valence-electron chi connectivity index (χ0n) is 14.8. The third-order valence-corrected chi connectivity index (χ3v) is 4.44. The number of piperidine rings is 1. The number of hydrogen-bond donors (Lipinski definition) is 0. The normalized spacial score (nSPS) is 23.7. The molecule has 1 fully saturated rings. The van der Waals surface area contributed by atoms with Crippen LogP contribution in [0.15, 0.2) is 18.2 Å². The molecule has 5 nitrogen and oxygen atoms in total. The maximum absolute atomic E-state index is 12.6. The minimum atomic E-state index is -0.632. The van der Waals surface area contributed by atoms with Crippen molar-refractivity contribution in [1.29, 1.82) is 0 Å². The summed E-state index contributed by atoms with van der Waals surface area (Å²) in [4.78, 5) is 26.6. The van der Waals surface area contributed by atoms with Gasteiger partial charge in [0.25, 0.3) is 0 Å². The van der Waals surface area contributed by atoms with Crippen molar-refractivity contribution in [1.82, 2.24) is 4.90 Å². The van der Waals surface area contributed by atoms with Gasteiger partial charge >= 0.3 is 6.09 Å².